The molecular formula is C19H29NO3. The van der Waals surface area contributed by atoms with E-state index < -0.39 is 12.0 Å². The van der Waals surface area contributed by atoms with Crippen LogP contribution in [0.5, 0.6) is 0 Å². The number of hydrogen-bond acceptors (Lipinski definition) is 2. The number of carbonyl (C=O) groups is 2. The zero-order chi connectivity index (χ0) is 16.0. The molecule has 5 fully saturated rings. The molecule has 0 heterocycles. The average molecular weight is 319 g/mol. The highest BCUT2D eigenvalue weighted by atomic mass is 16.4. The molecule has 0 aromatic carbocycles. The smallest absolute Gasteiger partial charge is 0.326 e. The lowest BCUT2D eigenvalue weighted by Gasteiger charge is -2.55. The number of hydrogen-bond donors (Lipinski definition) is 2. The van der Waals surface area contributed by atoms with Gasteiger partial charge in [0.15, 0.2) is 0 Å². The van der Waals surface area contributed by atoms with Gasteiger partial charge in [-0.15, -0.1) is 0 Å². The Kier molecular flexibility index (Phi) is 3.89. The molecule has 1 amide bonds. The molecule has 23 heavy (non-hydrogen) atoms. The van der Waals surface area contributed by atoms with Gasteiger partial charge in [0.1, 0.15) is 6.04 Å². The minimum atomic E-state index is -0.838. The molecule has 0 unspecified atom stereocenters. The van der Waals surface area contributed by atoms with Crippen LogP contribution in [-0.2, 0) is 9.59 Å². The molecule has 1 atom stereocenters. The van der Waals surface area contributed by atoms with E-state index >= 15 is 0 Å². The minimum Gasteiger partial charge on any atom is -0.480 e. The molecule has 128 valence electrons. The second kappa shape index (κ2) is 5.78. The van der Waals surface area contributed by atoms with E-state index in [2.05, 4.69) is 5.32 Å². The van der Waals surface area contributed by atoms with Crippen molar-refractivity contribution in [2.75, 3.05) is 0 Å². The molecule has 5 aliphatic carbocycles. The topological polar surface area (TPSA) is 66.4 Å². The molecule has 4 bridgehead atoms. The fraction of sp³-hybridized carbons (Fsp3) is 0.895. The van der Waals surface area contributed by atoms with Crippen molar-refractivity contribution in [3.05, 3.63) is 0 Å². The Morgan fingerprint density at radius 3 is 1.91 bits per heavy atom. The maximum absolute atomic E-state index is 13.1. The Labute approximate surface area is 138 Å². The van der Waals surface area contributed by atoms with E-state index in [4.69, 9.17) is 0 Å². The first-order chi connectivity index (χ1) is 11.1. The van der Waals surface area contributed by atoms with E-state index in [1.165, 1.54) is 25.7 Å². The zero-order valence-electron chi connectivity index (χ0n) is 13.9. The summed E-state index contributed by atoms with van der Waals surface area (Å²) in [6, 6.07) is -0.671. The van der Waals surface area contributed by atoms with Crippen LogP contribution in [0.3, 0.4) is 0 Å². The van der Waals surface area contributed by atoms with Gasteiger partial charge in [-0.1, -0.05) is 19.3 Å². The number of carboxylic acid groups (broad SMARTS) is 1. The van der Waals surface area contributed by atoms with Crippen LogP contribution in [0, 0.1) is 29.1 Å². The number of carbonyl (C=O) groups excluding carboxylic acids is 1. The lowest BCUT2D eigenvalue weighted by molar-refractivity contribution is -0.153. The van der Waals surface area contributed by atoms with Crippen LogP contribution in [-0.4, -0.2) is 23.0 Å². The van der Waals surface area contributed by atoms with Crippen molar-refractivity contribution in [1.29, 1.82) is 0 Å². The van der Waals surface area contributed by atoms with Crippen molar-refractivity contribution >= 4 is 11.9 Å². The molecule has 0 spiro atoms. The Bertz CT molecular complexity index is 460. The highest BCUT2D eigenvalue weighted by Gasteiger charge is 2.55. The molecule has 5 aliphatic rings. The van der Waals surface area contributed by atoms with Gasteiger partial charge in [-0.2, -0.15) is 0 Å². The number of aliphatic carboxylic acids is 1. The van der Waals surface area contributed by atoms with Crippen molar-refractivity contribution in [3.63, 3.8) is 0 Å². The summed E-state index contributed by atoms with van der Waals surface area (Å²) in [5.41, 5.74) is -0.239. The summed E-state index contributed by atoms with van der Waals surface area (Å²) in [4.78, 5) is 24.8. The van der Waals surface area contributed by atoms with Crippen molar-refractivity contribution < 1.29 is 14.7 Å². The van der Waals surface area contributed by atoms with Gasteiger partial charge in [0.2, 0.25) is 5.91 Å². The van der Waals surface area contributed by atoms with Gasteiger partial charge in [-0.05, 0) is 75.0 Å². The van der Waals surface area contributed by atoms with Gasteiger partial charge in [-0.25, -0.2) is 4.79 Å². The molecule has 5 rings (SSSR count). The maximum atomic E-state index is 13.1. The first-order valence-electron chi connectivity index (χ1n) is 9.59. The molecule has 0 saturated heterocycles. The maximum Gasteiger partial charge on any atom is 0.326 e. The van der Waals surface area contributed by atoms with Crippen LogP contribution in [0.15, 0.2) is 0 Å². The summed E-state index contributed by atoms with van der Waals surface area (Å²) in [7, 11) is 0. The van der Waals surface area contributed by atoms with Gasteiger partial charge < -0.3 is 10.4 Å². The summed E-state index contributed by atoms with van der Waals surface area (Å²) in [6.45, 7) is 0. The number of nitrogens with one attached hydrogen (secondary N) is 1. The van der Waals surface area contributed by atoms with Gasteiger partial charge in [0, 0.05) is 5.41 Å². The Balaban J connectivity index is 1.48. The van der Waals surface area contributed by atoms with Crippen LogP contribution in [0.4, 0.5) is 0 Å². The van der Waals surface area contributed by atoms with Crippen LogP contribution in [0.2, 0.25) is 0 Å². The minimum absolute atomic E-state index is 0.0644. The van der Waals surface area contributed by atoms with Gasteiger partial charge in [-0.3, -0.25) is 4.79 Å². The third-order valence-electron chi connectivity index (χ3n) is 7.19. The van der Waals surface area contributed by atoms with E-state index in [0.29, 0.717) is 17.8 Å². The average Bonchev–Trinajstić information content (AvgIpc) is 2.51. The summed E-state index contributed by atoms with van der Waals surface area (Å²) >= 11 is 0. The van der Waals surface area contributed by atoms with E-state index in [1.54, 1.807) is 0 Å². The molecule has 4 heteroatoms. The van der Waals surface area contributed by atoms with Crippen LogP contribution in [0.1, 0.15) is 70.6 Å². The molecule has 0 aromatic heterocycles. The third kappa shape index (κ3) is 2.78. The SMILES string of the molecule is O=C(O)[C@H](NC(=O)C12CC3CC(CC(C3)C1)C2)C1CCCCC1. The predicted molar refractivity (Wildman–Crippen MR) is 86.7 cm³/mol. The van der Waals surface area contributed by atoms with E-state index in [0.717, 1.165) is 44.9 Å². The summed E-state index contributed by atoms with van der Waals surface area (Å²) in [5, 5.41) is 12.6. The normalized spacial score (nSPS) is 40.8. The molecule has 5 saturated carbocycles. The summed E-state index contributed by atoms with van der Waals surface area (Å²) < 4.78 is 0. The highest BCUT2D eigenvalue weighted by Crippen LogP contribution is 2.60. The summed E-state index contributed by atoms with van der Waals surface area (Å²) in [5.74, 6) is 1.49. The third-order valence-corrected chi connectivity index (χ3v) is 7.19. The number of amides is 1. The number of rotatable bonds is 4. The lowest BCUT2D eigenvalue weighted by Crippen LogP contribution is -2.57. The fourth-order valence-corrected chi connectivity index (χ4v) is 6.53. The van der Waals surface area contributed by atoms with E-state index in [9.17, 15) is 14.7 Å². The van der Waals surface area contributed by atoms with Crippen molar-refractivity contribution in [1.82, 2.24) is 5.32 Å². The van der Waals surface area contributed by atoms with E-state index in [1.807, 2.05) is 0 Å². The molecular weight excluding hydrogens is 290 g/mol. The predicted octanol–water partition coefficient (Wildman–Crippen LogP) is 3.35. The van der Waals surface area contributed by atoms with Crippen molar-refractivity contribution in [2.45, 2.75) is 76.7 Å². The Hall–Kier alpha value is -1.06. The lowest BCUT2D eigenvalue weighted by atomic mass is 9.49. The first kappa shape index (κ1) is 15.5. The Morgan fingerprint density at radius 2 is 1.43 bits per heavy atom. The quantitative estimate of drug-likeness (QED) is 0.835. The van der Waals surface area contributed by atoms with Gasteiger partial charge in [0.05, 0.1) is 0 Å². The second-order valence-corrected chi connectivity index (χ2v) is 8.89. The van der Waals surface area contributed by atoms with Crippen LogP contribution >= 0.6 is 0 Å². The van der Waals surface area contributed by atoms with Crippen molar-refractivity contribution in [3.8, 4) is 0 Å². The molecule has 0 radical (unpaired) electrons. The second-order valence-electron chi connectivity index (χ2n) is 8.89. The van der Waals surface area contributed by atoms with Crippen LogP contribution < -0.4 is 5.32 Å². The van der Waals surface area contributed by atoms with E-state index in [-0.39, 0.29) is 17.2 Å². The zero-order valence-corrected chi connectivity index (χ0v) is 13.9. The first-order valence-corrected chi connectivity index (χ1v) is 9.59. The van der Waals surface area contributed by atoms with Gasteiger partial charge in [0.25, 0.3) is 0 Å². The largest absolute Gasteiger partial charge is 0.480 e. The molecule has 2 N–H and O–H groups in total. The monoisotopic (exact) mass is 319 g/mol. The standard InChI is InChI=1S/C19H29NO3/c21-17(22)16(15-4-2-1-3-5-15)20-18(23)19-9-12-6-13(10-19)8-14(7-12)11-19/h12-16H,1-11H2,(H,20,23)(H,21,22)/t12?,13?,14?,16-,19?/m1/s1. The fourth-order valence-electron chi connectivity index (χ4n) is 6.53. The van der Waals surface area contributed by atoms with Crippen LogP contribution in [0.25, 0.3) is 0 Å². The number of carboxylic acids is 1. The highest BCUT2D eigenvalue weighted by molar-refractivity contribution is 5.88. The Morgan fingerprint density at radius 1 is 0.913 bits per heavy atom. The molecule has 4 nitrogen and oxygen atoms in total. The summed E-state index contributed by atoms with van der Waals surface area (Å²) in [6.07, 6.45) is 12.2. The van der Waals surface area contributed by atoms with Crippen molar-refractivity contribution in [2.24, 2.45) is 29.1 Å². The van der Waals surface area contributed by atoms with Gasteiger partial charge >= 0.3 is 5.97 Å². The molecule has 0 aliphatic heterocycles. The molecule has 0 aromatic rings.